The molecule has 5 nitrogen and oxygen atoms in total. The van der Waals surface area contributed by atoms with Gasteiger partial charge in [-0.15, -0.1) is 16.4 Å². The number of aromatic nitrogens is 5. The summed E-state index contributed by atoms with van der Waals surface area (Å²) in [6.07, 6.45) is 9.40. The maximum atomic E-state index is 4.64. The molecule has 3 aromatic heterocycles. The van der Waals surface area contributed by atoms with Crippen molar-refractivity contribution in [2.45, 2.75) is 6.54 Å². The highest BCUT2D eigenvalue weighted by Gasteiger charge is 2.03. The van der Waals surface area contributed by atoms with Gasteiger partial charge >= 0.3 is 0 Å². The molecule has 0 N–H and O–H groups in total. The summed E-state index contributed by atoms with van der Waals surface area (Å²) in [5.41, 5.74) is 4.02. The van der Waals surface area contributed by atoms with Gasteiger partial charge in [-0.3, -0.25) is 4.98 Å². The minimum absolute atomic E-state index is 0.657. The first-order valence-corrected chi connectivity index (χ1v) is 8.73. The maximum absolute atomic E-state index is 4.64. The summed E-state index contributed by atoms with van der Waals surface area (Å²) >= 11 is 1.61. The molecule has 3 heterocycles. The van der Waals surface area contributed by atoms with E-state index in [0.29, 0.717) is 6.54 Å². The van der Waals surface area contributed by atoms with Crippen LogP contribution in [0.5, 0.6) is 0 Å². The Bertz CT molecular complexity index is 973. The second-order valence-corrected chi connectivity index (χ2v) is 6.36. The summed E-state index contributed by atoms with van der Waals surface area (Å²) in [7, 11) is 0. The van der Waals surface area contributed by atoms with E-state index in [4.69, 9.17) is 0 Å². The minimum atomic E-state index is 0.657. The fraction of sp³-hybridized carbons (Fsp3) is 0.0526. The van der Waals surface area contributed by atoms with Gasteiger partial charge in [-0.2, -0.15) is 0 Å². The van der Waals surface area contributed by atoms with E-state index in [1.165, 1.54) is 0 Å². The molecule has 0 aliphatic carbocycles. The van der Waals surface area contributed by atoms with Gasteiger partial charge in [-0.25, -0.2) is 9.67 Å². The van der Waals surface area contributed by atoms with Gasteiger partial charge in [0.15, 0.2) is 0 Å². The first kappa shape index (κ1) is 15.4. The van der Waals surface area contributed by atoms with E-state index in [0.717, 1.165) is 27.5 Å². The molecule has 0 unspecified atom stereocenters. The lowest BCUT2D eigenvalue weighted by atomic mass is 10.2. The van der Waals surface area contributed by atoms with Crippen molar-refractivity contribution in [3.63, 3.8) is 0 Å². The standard InChI is InChI=1S/C19H15N5S/c1-2-6-16(7-3-1)18-14-25-19(21-18)9-8-17-13-24(23-22-17)12-15-5-4-10-20-11-15/h1-11,13-14H,12H2. The zero-order valence-electron chi connectivity index (χ0n) is 13.4. The van der Waals surface area contributed by atoms with E-state index in [1.54, 1.807) is 22.2 Å². The molecular formula is C19H15N5S. The second kappa shape index (κ2) is 7.19. The largest absolute Gasteiger partial charge is 0.264 e. The molecule has 0 aliphatic heterocycles. The Morgan fingerprint density at radius 1 is 1.04 bits per heavy atom. The maximum Gasteiger partial charge on any atom is 0.116 e. The molecular weight excluding hydrogens is 330 g/mol. The summed E-state index contributed by atoms with van der Waals surface area (Å²) in [6, 6.07) is 14.1. The predicted octanol–water partition coefficient (Wildman–Crippen LogP) is 4.02. The Morgan fingerprint density at radius 3 is 2.80 bits per heavy atom. The fourth-order valence-corrected chi connectivity index (χ4v) is 3.13. The SMILES string of the molecule is C(=Cc1nc(-c2ccccc2)cs1)c1cn(Cc2cccnc2)nn1. The third-order valence-electron chi connectivity index (χ3n) is 3.61. The molecule has 0 aliphatic rings. The third-order valence-corrected chi connectivity index (χ3v) is 4.42. The summed E-state index contributed by atoms with van der Waals surface area (Å²) in [6.45, 7) is 0.657. The van der Waals surface area contributed by atoms with Crippen LogP contribution in [0.2, 0.25) is 0 Å². The van der Waals surface area contributed by atoms with Crippen molar-refractivity contribution >= 4 is 23.5 Å². The first-order chi connectivity index (χ1) is 12.4. The van der Waals surface area contributed by atoms with Gasteiger partial charge in [-0.05, 0) is 23.8 Å². The summed E-state index contributed by atoms with van der Waals surface area (Å²) in [5, 5.41) is 11.3. The topological polar surface area (TPSA) is 56.5 Å². The molecule has 1 aromatic carbocycles. The molecule has 0 saturated carbocycles. The monoisotopic (exact) mass is 345 g/mol. The van der Waals surface area contributed by atoms with Crippen molar-refractivity contribution in [3.8, 4) is 11.3 Å². The molecule has 122 valence electrons. The van der Waals surface area contributed by atoms with Crippen LogP contribution >= 0.6 is 11.3 Å². The van der Waals surface area contributed by atoms with Gasteiger partial charge in [0.2, 0.25) is 0 Å². The average Bonchev–Trinajstić information content (AvgIpc) is 3.31. The van der Waals surface area contributed by atoms with Crippen molar-refractivity contribution in [3.05, 3.63) is 82.7 Å². The van der Waals surface area contributed by atoms with Crippen molar-refractivity contribution in [1.82, 2.24) is 25.0 Å². The Kier molecular flexibility index (Phi) is 4.43. The summed E-state index contributed by atoms with van der Waals surface area (Å²) < 4.78 is 1.80. The van der Waals surface area contributed by atoms with Crippen LogP contribution in [0.3, 0.4) is 0 Å². The number of rotatable bonds is 5. The number of pyridine rings is 1. The van der Waals surface area contributed by atoms with Gasteiger partial charge < -0.3 is 0 Å². The number of hydrogen-bond acceptors (Lipinski definition) is 5. The molecule has 6 heteroatoms. The number of thiazole rings is 1. The van der Waals surface area contributed by atoms with Crippen LogP contribution in [0.25, 0.3) is 23.4 Å². The van der Waals surface area contributed by atoms with Crippen LogP contribution in [0, 0.1) is 0 Å². The van der Waals surface area contributed by atoms with Gasteiger partial charge in [0.25, 0.3) is 0 Å². The zero-order valence-corrected chi connectivity index (χ0v) is 14.2. The second-order valence-electron chi connectivity index (χ2n) is 5.47. The Morgan fingerprint density at radius 2 is 1.96 bits per heavy atom. The molecule has 0 saturated heterocycles. The van der Waals surface area contributed by atoms with Gasteiger partial charge in [0.1, 0.15) is 10.7 Å². The van der Waals surface area contributed by atoms with Crippen LogP contribution in [-0.2, 0) is 6.54 Å². The van der Waals surface area contributed by atoms with Crippen molar-refractivity contribution in [2.75, 3.05) is 0 Å². The Labute approximate surface area is 149 Å². The van der Waals surface area contributed by atoms with E-state index >= 15 is 0 Å². The van der Waals surface area contributed by atoms with E-state index in [2.05, 4.69) is 37.8 Å². The van der Waals surface area contributed by atoms with Crippen LogP contribution in [0.4, 0.5) is 0 Å². The van der Waals surface area contributed by atoms with E-state index < -0.39 is 0 Å². The van der Waals surface area contributed by atoms with E-state index in [1.807, 2.05) is 54.9 Å². The first-order valence-electron chi connectivity index (χ1n) is 7.85. The van der Waals surface area contributed by atoms with Gasteiger partial charge in [0.05, 0.1) is 18.4 Å². The molecule has 4 aromatic rings. The molecule has 0 bridgehead atoms. The molecule has 4 rings (SSSR count). The highest BCUT2D eigenvalue weighted by atomic mass is 32.1. The van der Waals surface area contributed by atoms with Crippen LogP contribution in [-0.4, -0.2) is 25.0 Å². The van der Waals surface area contributed by atoms with Gasteiger partial charge in [-0.1, -0.05) is 41.6 Å². The molecule has 0 fully saturated rings. The number of hydrogen-bond donors (Lipinski definition) is 0. The van der Waals surface area contributed by atoms with Crippen LogP contribution in [0.1, 0.15) is 16.3 Å². The lowest BCUT2D eigenvalue weighted by Crippen LogP contribution is -2.00. The van der Waals surface area contributed by atoms with Crippen LogP contribution < -0.4 is 0 Å². The normalized spacial score (nSPS) is 11.2. The van der Waals surface area contributed by atoms with Crippen molar-refractivity contribution in [2.24, 2.45) is 0 Å². The highest BCUT2D eigenvalue weighted by Crippen LogP contribution is 2.22. The smallest absolute Gasteiger partial charge is 0.116 e. The minimum Gasteiger partial charge on any atom is -0.264 e. The van der Waals surface area contributed by atoms with Crippen LogP contribution in [0.15, 0.2) is 66.4 Å². The summed E-state index contributed by atoms with van der Waals surface area (Å²) in [4.78, 5) is 8.75. The predicted molar refractivity (Wildman–Crippen MR) is 99.8 cm³/mol. The average molecular weight is 345 g/mol. The van der Waals surface area contributed by atoms with Gasteiger partial charge in [0, 0.05) is 23.3 Å². The fourth-order valence-electron chi connectivity index (χ4n) is 2.41. The lowest BCUT2D eigenvalue weighted by molar-refractivity contribution is 0.648. The van der Waals surface area contributed by atoms with Crippen molar-refractivity contribution < 1.29 is 0 Å². The third kappa shape index (κ3) is 3.87. The highest BCUT2D eigenvalue weighted by molar-refractivity contribution is 7.10. The molecule has 25 heavy (non-hydrogen) atoms. The Balaban J connectivity index is 1.45. The van der Waals surface area contributed by atoms with E-state index in [-0.39, 0.29) is 0 Å². The molecule has 0 atom stereocenters. The zero-order chi connectivity index (χ0) is 16.9. The molecule has 0 spiro atoms. The number of nitrogens with zero attached hydrogens (tertiary/aromatic N) is 5. The molecule has 0 amide bonds. The quantitative estimate of drug-likeness (QED) is 0.548. The Hall–Kier alpha value is -3.12. The van der Waals surface area contributed by atoms with Crippen molar-refractivity contribution in [1.29, 1.82) is 0 Å². The lowest BCUT2D eigenvalue weighted by Gasteiger charge is -1.98. The van der Waals surface area contributed by atoms with E-state index in [9.17, 15) is 0 Å². The number of benzene rings is 1. The molecule has 0 radical (unpaired) electrons. The summed E-state index contributed by atoms with van der Waals surface area (Å²) in [5.74, 6) is 0.